The minimum atomic E-state index is -0.447. The van der Waals surface area contributed by atoms with Gasteiger partial charge < -0.3 is 24.4 Å². The number of likely N-dealkylation sites (tertiary alicyclic amines) is 1. The molecule has 0 atom stereocenters. The van der Waals surface area contributed by atoms with Gasteiger partial charge in [0.15, 0.2) is 11.5 Å². The van der Waals surface area contributed by atoms with Crippen LogP contribution in [-0.4, -0.2) is 49.4 Å². The SMILES string of the molecule is CC(C)(C)OC(=O)N1CCC(CNCc2cc(Cl)cc3c2OCCO3)CC1. The van der Waals surface area contributed by atoms with Crippen molar-refractivity contribution in [2.24, 2.45) is 5.92 Å². The highest BCUT2D eigenvalue weighted by Gasteiger charge is 2.26. The first-order valence-corrected chi connectivity index (χ1v) is 9.96. The first-order valence-electron chi connectivity index (χ1n) is 9.58. The molecule has 3 rings (SSSR count). The van der Waals surface area contributed by atoms with Crippen molar-refractivity contribution in [3.05, 3.63) is 22.7 Å². The molecule has 1 saturated heterocycles. The molecule has 1 amide bonds. The Balaban J connectivity index is 1.45. The van der Waals surface area contributed by atoms with Crippen LogP contribution in [0.15, 0.2) is 12.1 Å². The molecule has 0 bridgehead atoms. The number of nitrogens with one attached hydrogen (secondary N) is 1. The quantitative estimate of drug-likeness (QED) is 0.837. The highest BCUT2D eigenvalue weighted by Crippen LogP contribution is 2.36. The van der Waals surface area contributed by atoms with E-state index in [9.17, 15) is 4.79 Å². The zero-order chi connectivity index (χ0) is 19.4. The Kier molecular flexibility index (Phi) is 6.37. The number of carbonyl (C=O) groups is 1. The number of carbonyl (C=O) groups excluding carboxylic acids is 1. The maximum atomic E-state index is 12.1. The summed E-state index contributed by atoms with van der Waals surface area (Å²) in [7, 11) is 0. The van der Waals surface area contributed by atoms with Gasteiger partial charge in [-0.1, -0.05) is 11.6 Å². The molecule has 0 spiro atoms. The third-order valence-corrected chi connectivity index (χ3v) is 4.92. The number of rotatable bonds is 4. The van der Waals surface area contributed by atoms with Crippen LogP contribution < -0.4 is 14.8 Å². The number of nitrogens with zero attached hydrogens (tertiary/aromatic N) is 1. The minimum absolute atomic E-state index is 0.211. The summed E-state index contributed by atoms with van der Waals surface area (Å²) in [5.41, 5.74) is 0.570. The number of hydrogen-bond acceptors (Lipinski definition) is 5. The summed E-state index contributed by atoms with van der Waals surface area (Å²) in [5.74, 6) is 2.05. The van der Waals surface area contributed by atoms with Gasteiger partial charge in [0.2, 0.25) is 0 Å². The Morgan fingerprint density at radius 1 is 1.26 bits per heavy atom. The monoisotopic (exact) mass is 396 g/mol. The minimum Gasteiger partial charge on any atom is -0.486 e. The maximum Gasteiger partial charge on any atom is 0.410 e. The van der Waals surface area contributed by atoms with Crippen LogP contribution in [-0.2, 0) is 11.3 Å². The van der Waals surface area contributed by atoms with Gasteiger partial charge in [0.1, 0.15) is 18.8 Å². The van der Waals surface area contributed by atoms with Crippen molar-refractivity contribution in [3.63, 3.8) is 0 Å². The smallest absolute Gasteiger partial charge is 0.410 e. The number of ether oxygens (including phenoxy) is 3. The fraction of sp³-hybridized carbons (Fsp3) is 0.650. The summed E-state index contributed by atoms with van der Waals surface area (Å²) in [5, 5.41) is 4.16. The van der Waals surface area contributed by atoms with Gasteiger partial charge in [-0.05, 0) is 52.1 Å². The first kappa shape index (κ1) is 20.1. The lowest BCUT2D eigenvalue weighted by molar-refractivity contribution is 0.0184. The van der Waals surface area contributed by atoms with Gasteiger partial charge in [-0.15, -0.1) is 0 Å². The van der Waals surface area contributed by atoms with Crippen molar-refractivity contribution >= 4 is 17.7 Å². The van der Waals surface area contributed by atoms with Gasteiger partial charge in [-0.25, -0.2) is 4.79 Å². The Bertz CT molecular complexity index is 667. The van der Waals surface area contributed by atoms with Crippen molar-refractivity contribution in [1.82, 2.24) is 10.2 Å². The topological polar surface area (TPSA) is 60.0 Å². The second-order valence-electron chi connectivity index (χ2n) is 8.13. The van der Waals surface area contributed by atoms with Gasteiger partial charge in [-0.3, -0.25) is 0 Å². The lowest BCUT2D eigenvalue weighted by Gasteiger charge is -2.33. The van der Waals surface area contributed by atoms with Crippen LogP contribution in [0.2, 0.25) is 5.02 Å². The number of amides is 1. The largest absolute Gasteiger partial charge is 0.486 e. The predicted octanol–water partition coefficient (Wildman–Crippen LogP) is 3.85. The molecule has 1 fully saturated rings. The highest BCUT2D eigenvalue weighted by atomic mass is 35.5. The second-order valence-corrected chi connectivity index (χ2v) is 8.57. The summed E-state index contributed by atoms with van der Waals surface area (Å²) in [6, 6.07) is 3.72. The third kappa shape index (κ3) is 5.66. The molecule has 0 radical (unpaired) electrons. The van der Waals surface area contributed by atoms with Gasteiger partial charge in [0.05, 0.1) is 0 Å². The van der Waals surface area contributed by atoms with E-state index in [4.69, 9.17) is 25.8 Å². The number of piperidine rings is 1. The predicted molar refractivity (Wildman–Crippen MR) is 105 cm³/mol. The third-order valence-electron chi connectivity index (χ3n) is 4.70. The summed E-state index contributed by atoms with van der Waals surface area (Å²) in [6.07, 6.45) is 1.73. The van der Waals surface area contributed by atoms with Crippen LogP contribution in [0.25, 0.3) is 0 Å². The van der Waals surface area contributed by atoms with E-state index in [1.807, 2.05) is 26.8 Å². The number of hydrogen-bond donors (Lipinski definition) is 1. The zero-order valence-corrected chi connectivity index (χ0v) is 17.1. The number of halogens is 1. The molecule has 0 unspecified atom stereocenters. The van der Waals surface area contributed by atoms with E-state index in [1.165, 1.54) is 0 Å². The second kappa shape index (κ2) is 8.57. The molecule has 2 heterocycles. The molecule has 0 aromatic heterocycles. The maximum absolute atomic E-state index is 12.1. The lowest BCUT2D eigenvalue weighted by atomic mass is 9.97. The van der Waals surface area contributed by atoms with Crippen LogP contribution in [0.5, 0.6) is 11.5 Å². The Morgan fingerprint density at radius 3 is 2.67 bits per heavy atom. The molecule has 1 aromatic rings. The first-order chi connectivity index (χ1) is 12.8. The summed E-state index contributed by atoms with van der Waals surface area (Å²) >= 11 is 6.19. The van der Waals surface area contributed by atoms with Crippen LogP contribution in [0, 0.1) is 5.92 Å². The molecular formula is C20H29ClN2O4. The molecule has 6 nitrogen and oxygen atoms in total. The van der Waals surface area contributed by atoms with E-state index in [-0.39, 0.29) is 6.09 Å². The molecule has 0 saturated carbocycles. The van der Waals surface area contributed by atoms with E-state index in [0.717, 1.165) is 49.5 Å². The average Bonchev–Trinajstić information content (AvgIpc) is 2.60. The van der Waals surface area contributed by atoms with Crippen LogP contribution in [0.3, 0.4) is 0 Å². The van der Waals surface area contributed by atoms with Gasteiger partial charge in [0, 0.05) is 36.3 Å². The molecule has 150 valence electrons. The molecule has 1 N–H and O–H groups in total. The number of fused-ring (bicyclic) bond motifs is 1. The molecule has 2 aliphatic heterocycles. The molecule has 2 aliphatic rings. The Labute approximate surface area is 166 Å². The fourth-order valence-electron chi connectivity index (χ4n) is 3.38. The van der Waals surface area contributed by atoms with E-state index in [0.29, 0.717) is 30.7 Å². The molecule has 0 aliphatic carbocycles. The average molecular weight is 397 g/mol. The standard InChI is InChI=1S/C20H29ClN2O4/c1-20(2,3)27-19(24)23-6-4-14(5-7-23)12-22-13-15-10-16(21)11-17-18(15)26-9-8-25-17/h10-11,14,22H,4-9,12-13H2,1-3H3. The lowest BCUT2D eigenvalue weighted by Crippen LogP contribution is -2.43. The Morgan fingerprint density at radius 2 is 1.96 bits per heavy atom. The van der Waals surface area contributed by atoms with Gasteiger partial charge in [-0.2, -0.15) is 0 Å². The van der Waals surface area contributed by atoms with E-state index in [2.05, 4.69) is 5.32 Å². The van der Waals surface area contributed by atoms with Crippen molar-refractivity contribution in [2.45, 2.75) is 45.8 Å². The fourth-order valence-corrected chi connectivity index (χ4v) is 3.61. The van der Waals surface area contributed by atoms with Crippen LogP contribution in [0.4, 0.5) is 4.79 Å². The molecule has 1 aromatic carbocycles. The summed E-state index contributed by atoms with van der Waals surface area (Å²) in [4.78, 5) is 13.9. The van der Waals surface area contributed by atoms with Crippen molar-refractivity contribution in [1.29, 1.82) is 0 Å². The van der Waals surface area contributed by atoms with Gasteiger partial charge in [0.25, 0.3) is 0 Å². The van der Waals surface area contributed by atoms with E-state index < -0.39 is 5.60 Å². The van der Waals surface area contributed by atoms with Crippen LogP contribution >= 0.6 is 11.6 Å². The van der Waals surface area contributed by atoms with Crippen LogP contribution in [0.1, 0.15) is 39.2 Å². The van der Waals surface area contributed by atoms with Crippen molar-refractivity contribution < 1.29 is 19.0 Å². The number of benzene rings is 1. The Hall–Kier alpha value is -1.66. The van der Waals surface area contributed by atoms with E-state index >= 15 is 0 Å². The molecular weight excluding hydrogens is 368 g/mol. The van der Waals surface area contributed by atoms with Crippen molar-refractivity contribution in [3.8, 4) is 11.5 Å². The molecule has 7 heteroatoms. The molecule has 27 heavy (non-hydrogen) atoms. The van der Waals surface area contributed by atoms with Gasteiger partial charge >= 0.3 is 6.09 Å². The summed E-state index contributed by atoms with van der Waals surface area (Å²) in [6.45, 7) is 9.85. The zero-order valence-electron chi connectivity index (χ0n) is 16.3. The normalized spacial score (nSPS) is 17.7. The highest BCUT2D eigenvalue weighted by molar-refractivity contribution is 6.30. The van der Waals surface area contributed by atoms with E-state index in [1.54, 1.807) is 11.0 Å². The summed E-state index contributed by atoms with van der Waals surface area (Å²) < 4.78 is 16.8. The van der Waals surface area contributed by atoms with Crippen molar-refractivity contribution in [2.75, 3.05) is 32.8 Å².